The highest BCUT2D eigenvalue weighted by molar-refractivity contribution is 6.04. The summed E-state index contributed by atoms with van der Waals surface area (Å²) < 4.78 is 38.6. The van der Waals surface area contributed by atoms with E-state index in [-0.39, 0.29) is 45.6 Å². The first kappa shape index (κ1) is 45.8. The summed E-state index contributed by atoms with van der Waals surface area (Å²) in [6.07, 6.45) is 15.5. The Morgan fingerprint density at radius 2 is 1.73 bits per heavy atom. The number of piperidine rings is 3. The van der Waals surface area contributed by atoms with Crippen molar-refractivity contribution in [3.8, 4) is 35.2 Å². The van der Waals surface area contributed by atoms with Gasteiger partial charge < -0.3 is 29.4 Å². The first-order valence-electron chi connectivity index (χ1n) is 24.5. The van der Waals surface area contributed by atoms with Crippen LogP contribution in [-0.2, 0) is 4.79 Å². The van der Waals surface area contributed by atoms with Gasteiger partial charge in [-0.1, -0.05) is 51.0 Å². The number of aromatic nitrogens is 2. The van der Waals surface area contributed by atoms with Gasteiger partial charge in [-0.3, -0.25) is 4.79 Å². The van der Waals surface area contributed by atoms with Crippen LogP contribution in [0.5, 0.6) is 11.8 Å². The largest absolute Gasteiger partial charge is 0.508 e. The zero-order valence-corrected chi connectivity index (χ0v) is 39.5. The minimum atomic E-state index is -0.599. The third-order valence-corrected chi connectivity index (χ3v) is 15.5. The Hall–Kier alpha value is -5.31. The lowest BCUT2D eigenvalue weighted by Crippen LogP contribution is -2.43. The molecular formula is C55H66F2N6O3. The normalized spacial score (nSPS) is 20.1. The van der Waals surface area contributed by atoms with Gasteiger partial charge in [0.1, 0.15) is 22.9 Å². The highest BCUT2D eigenvalue weighted by Crippen LogP contribution is 2.47. The molecule has 0 spiro atoms. The van der Waals surface area contributed by atoms with Crippen LogP contribution in [0.2, 0.25) is 0 Å². The molecule has 4 heterocycles. The molecule has 9 rings (SSSR count). The molecule has 1 aliphatic carbocycles. The third-order valence-electron chi connectivity index (χ3n) is 15.5. The first-order valence-corrected chi connectivity index (χ1v) is 24.5. The van der Waals surface area contributed by atoms with Crippen molar-refractivity contribution in [3.63, 3.8) is 0 Å². The number of hydrogen-bond acceptors (Lipinski definition) is 8. The molecule has 1 saturated carbocycles. The van der Waals surface area contributed by atoms with E-state index in [1.54, 1.807) is 12.1 Å². The van der Waals surface area contributed by atoms with E-state index in [0.717, 1.165) is 109 Å². The summed E-state index contributed by atoms with van der Waals surface area (Å²) in [5.41, 5.74) is 4.15. The third kappa shape index (κ3) is 9.46. The molecule has 3 saturated heterocycles. The van der Waals surface area contributed by atoms with Crippen molar-refractivity contribution in [3.05, 3.63) is 82.9 Å². The number of phenols is 1. The number of terminal acetylenes is 1. The number of aromatic hydroxyl groups is 1. The zero-order valence-electron chi connectivity index (χ0n) is 39.5. The van der Waals surface area contributed by atoms with Crippen molar-refractivity contribution in [1.29, 1.82) is 0 Å². The second-order valence-corrected chi connectivity index (χ2v) is 20.3. The van der Waals surface area contributed by atoms with E-state index in [2.05, 4.69) is 59.6 Å². The maximum Gasteiger partial charge on any atom is 0.319 e. The second-order valence-electron chi connectivity index (χ2n) is 20.3. The average molecular weight is 897 g/mol. The Morgan fingerprint density at radius 1 is 0.970 bits per heavy atom. The van der Waals surface area contributed by atoms with Gasteiger partial charge in [0.15, 0.2) is 5.82 Å². The SMILES string of the molecule is C#Cc1c(F)ccc2cc(O)cc(-c3ccc4c(N5CCCC(C)C5)nc(OCC5(CN6CCC(CN7CCC(c8ccc(C)c(N(C)C(=O)C(C)CC)c8)CC7)CC6)CC5)nc4c3F)c12. The van der Waals surface area contributed by atoms with Crippen LogP contribution in [0.25, 0.3) is 32.8 Å². The topological polar surface area (TPSA) is 85.3 Å². The monoisotopic (exact) mass is 897 g/mol. The summed E-state index contributed by atoms with van der Waals surface area (Å²) in [5, 5.41) is 12.2. The van der Waals surface area contributed by atoms with Crippen molar-refractivity contribution >= 4 is 39.1 Å². The Labute approximate surface area is 389 Å². The average Bonchev–Trinajstić information content (AvgIpc) is 4.10. The minimum absolute atomic E-state index is 0.00952. The number of anilines is 2. The fourth-order valence-electron chi connectivity index (χ4n) is 11.0. The van der Waals surface area contributed by atoms with Crippen LogP contribution in [0.15, 0.2) is 54.6 Å². The van der Waals surface area contributed by atoms with Crippen LogP contribution in [-0.4, -0.2) is 96.8 Å². The van der Waals surface area contributed by atoms with E-state index in [9.17, 15) is 9.90 Å². The molecule has 1 amide bonds. The van der Waals surface area contributed by atoms with E-state index in [1.807, 2.05) is 24.9 Å². The predicted octanol–water partition coefficient (Wildman–Crippen LogP) is 10.7. The number of nitrogens with zero attached hydrogens (tertiary/aromatic N) is 6. The maximum atomic E-state index is 17.1. The predicted molar refractivity (Wildman–Crippen MR) is 261 cm³/mol. The first-order chi connectivity index (χ1) is 31.8. The molecule has 66 heavy (non-hydrogen) atoms. The molecule has 348 valence electrons. The van der Waals surface area contributed by atoms with Gasteiger partial charge in [-0.25, -0.2) is 8.78 Å². The van der Waals surface area contributed by atoms with Gasteiger partial charge in [0.2, 0.25) is 5.91 Å². The summed E-state index contributed by atoms with van der Waals surface area (Å²) in [6.45, 7) is 16.9. The van der Waals surface area contributed by atoms with Crippen LogP contribution < -0.4 is 14.5 Å². The quantitative estimate of drug-likeness (QED) is 0.117. The van der Waals surface area contributed by atoms with E-state index in [4.69, 9.17) is 21.1 Å². The molecule has 2 unspecified atom stereocenters. The molecule has 4 aromatic carbocycles. The van der Waals surface area contributed by atoms with Gasteiger partial charge in [-0.15, -0.1) is 6.42 Å². The smallest absolute Gasteiger partial charge is 0.319 e. The number of carbonyl (C=O) groups excluding carboxylic acids is 1. The molecule has 9 nitrogen and oxygen atoms in total. The highest BCUT2D eigenvalue weighted by atomic mass is 19.1. The highest BCUT2D eigenvalue weighted by Gasteiger charge is 2.45. The number of likely N-dealkylation sites (tertiary alicyclic amines) is 2. The van der Waals surface area contributed by atoms with Crippen LogP contribution in [0.3, 0.4) is 0 Å². The number of phenolic OH excluding ortho intramolecular Hbond substituents is 1. The number of amides is 1. The Bertz CT molecular complexity index is 2640. The second kappa shape index (κ2) is 19.1. The van der Waals surface area contributed by atoms with Gasteiger partial charge in [0, 0.05) is 66.6 Å². The summed E-state index contributed by atoms with van der Waals surface area (Å²) in [6, 6.07) is 16.1. The molecule has 4 aliphatic rings. The number of fused-ring (bicyclic) bond motifs is 2. The number of halogens is 2. The zero-order chi connectivity index (χ0) is 46.3. The Balaban J connectivity index is 0.842. The molecule has 0 bridgehead atoms. The number of ether oxygens (including phenoxy) is 1. The number of benzene rings is 4. The van der Waals surface area contributed by atoms with Crippen molar-refractivity contribution in [2.75, 3.05) is 75.8 Å². The van der Waals surface area contributed by atoms with Gasteiger partial charge in [-0.2, -0.15) is 9.97 Å². The fourth-order valence-corrected chi connectivity index (χ4v) is 11.0. The van der Waals surface area contributed by atoms with Crippen LogP contribution in [0, 0.1) is 54.1 Å². The van der Waals surface area contributed by atoms with Crippen molar-refractivity contribution in [2.24, 2.45) is 23.2 Å². The number of aryl methyl sites for hydroxylation is 1. The molecule has 1 N–H and O–H groups in total. The van der Waals surface area contributed by atoms with Crippen molar-refractivity contribution in [2.45, 2.75) is 91.4 Å². The molecule has 5 aromatic rings. The van der Waals surface area contributed by atoms with Crippen molar-refractivity contribution < 1.29 is 23.4 Å². The number of rotatable bonds is 13. The van der Waals surface area contributed by atoms with Crippen LogP contribution in [0.4, 0.5) is 20.3 Å². The van der Waals surface area contributed by atoms with Gasteiger partial charge in [-0.05, 0) is 161 Å². The molecule has 11 heteroatoms. The lowest BCUT2D eigenvalue weighted by Gasteiger charge is -2.38. The van der Waals surface area contributed by atoms with E-state index >= 15 is 8.78 Å². The summed E-state index contributed by atoms with van der Waals surface area (Å²) >= 11 is 0. The Kier molecular flexibility index (Phi) is 13.3. The molecule has 1 aromatic heterocycles. The lowest BCUT2D eigenvalue weighted by molar-refractivity contribution is -0.121. The molecule has 2 atom stereocenters. The standard InChI is InChI=1S/C55H66F2N6O3/c1-7-36(4)53(65)60(6)48-29-40(12-11-37(48)5)39-19-26-61(27-20-39)32-38-17-24-62(25-18-38)33-55(21-22-55)34-66-54-58-51-45(52(59-54)63-23-9-10-35(3)31-63)15-14-44(50(51)57)46-30-42(64)28-41-13-16-47(56)43(8-2)49(41)46/h2,11-16,28-30,35-36,38-39,64H,7,9-10,17-27,31-34H2,1,3-6H3. The Morgan fingerprint density at radius 3 is 2.44 bits per heavy atom. The molecular weight excluding hydrogens is 831 g/mol. The molecule has 0 radical (unpaired) electrons. The van der Waals surface area contributed by atoms with E-state index < -0.39 is 11.6 Å². The summed E-state index contributed by atoms with van der Waals surface area (Å²) in [5.74, 6) is 3.70. The molecule has 4 fully saturated rings. The van der Waals surface area contributed by atoms with Crippen molar-refractivity contribution in [1.82, 2.24) is 19.8 Å². The van der Waals surface area contributed by atoms with Gasteiger partial charge in [0.25, 0.3) is 0 Å². The fraction of sp³-hybridized carbons (Fsp3) is 0.509. The number of carbonyl (C=O) groups is 1. The minimum Gasteiger partial charge on any atom is -0.508 e. The van der Waals surface area contributed by atoms with Crippen LogP contribution >= 0.6 is 0 Å². The van der Waals surface area contributed by atoms with Crippen LogP contribution in [0.1, 0.15) is 101 Å². The lowest BCUT2D eigenvalue weighted by atomic mass is 9.87. The summed E-state index contributed by atoms with van der Waals surface area (Å²) in [7, 11) is 1.92. The summed E-state index contributed by atoms with van der Waals surface area (Å²) in [4.78, 5) is 32.1. The maximum absolute atomic E-state index is 17.1. The number of hydrogen-bond donors (Lipinski definition) is 1. The van der Waals surface area contributed by atoms with E-state index in [0.29, 0.717) is 51.9 Å². The molecule has 3 aliphatic heterocycles. The van der Waals surface area contributed by atoms with Gasteiger partial charge in [0.05, 0.1) is 12.2 Å². The van der Waals surface area contributed by atoms with Gasteiger partial charge >= 0.3 is 6.01 Å². The van der Waals surface area contributed by atoms with E-state index in [1.165, 1.54) is 36.6 Å².